The Labute approximate surface area is 136 Å². The molecular weight excluding hydrogens is 312 g/mol. The summed E-state index contributed by atoms with van der Waals surface area (Å²) in [5.41, 5.74) is 1.13. The molecule has 0 unspecified atom stereocenters. The van der Waals surface area contributed by atoms with Crippen molar-refractivity contribution in [2.45, 2.75) is 6.61 Å². The first kappa shape index (κ1) is 15.7. The van der Waals surface area contributed by atoms with E-state index in [4.69, 9.17) is 4.74 Å². The van der Waals surface area contributed by atoms with E-state index in [2.05, 4.69) is 0 Å². The van der Waals surface area contributed by atoms with E-state index in [0.29, 0.717) is 11.1 Å². The predicted octanol–water partition coefficient (Wildman–Crippen LogP) is 2.74. The number of fused-ring (bicyclic) bond motifs is 1. The Morgan fingerprint density at radius 2 is 2.04 bits per heavy atom. The van der Waals surface area contributed by atoms with Gasteiger partial charge in [0.2, 0.25) is 0 Å². The summed E-state index contributed by atoms with van der Waals surface area (Å²) in [5, 5.41) is 21.3. The van der Waals surface area contributed by atoms with Crippen LogP contribution in [0.1, 0.15) is 15.9 Å². The van der Waals surface area contributed by atoms with Gasteiger partial charge in [-0.15, -0.1) is 0 Å². The summed E-state index contributed by atoms with van der Waals surface area (Å²) in [4.78, 5) is 23.3. The van der Waals surface area contributed by atoms with Gasteiger partial charge in [-0.05, 0) is 18.2 Å². The number of methoxy groups -OCH3 is 1. The molecular formula is C17H14N2O5. The van der Waals surface area contributed by atoms with Gasteiger partial charge in [0.25, 0.3) is 5.91 Å². The van der Waals surface area contributed by atoms with Gasteiger partial charge in [-0.1, -0.05) is 18.2 Å². The molecule has 0 saturated heterocycles. The molecule has 0 aliphatic heterocycles. The van der Waals surface area contributed by atoms with Crippen LogP contribution in [0, 0.1) is 10.1 Å². The van der Waals surface area contributed by atoms with Crippen molar-refractivity contribution in [2.75, 3.05) is 7.11 Å². The first-order chi connectivity index (χ1) is 11.6. The number of hydrogen-bond donors (Lipinski definition) is 1. The van der Waals surface area contributed by atoms with Gasteiger partial charge in [-0.2, -0.15) is 0 Å². The zero-order valence-corrected chi connectivity index (χ0v) is 12.8. The minimum absolute atomic E-state index is 0.0879. The topological polar surface area (TPSA) is 94.6 Å². The van der Waals surface area contributed by atoms with Crippen LogP contribution in [0.2, 0.25) is 0 Å². The maximum Gasteiger partial charge on any atom is 0.311 e. The van der Waals surface area contributed by atoms with Crippen LogP contribution in [0.15, 0.2) is 48.7 Å². The van der Waals surface area contributed by atoms with E-state index in [1.807, 2.05) is 6.07 Å². The van der Waals surface area contributed by atoms with Crippen LogP contribution in [-0.2, 0) is 6.61 Å². The molecule has 7 heteroatoms. The van der Waals surface area contributed by atoms with Gasteiger partial charge in [0, 0.05) is 28.8 Å². The number of aromatic nitrogens is 1. The van der Waals surface area contributed by atoms with Crippen molar-refractivity contribution in [1.82, 2.24) is 4.57 Å². The minimum atomic E-state index is -0.595. The number of rotatable bonds is 4. The number of carbonyl (C=O) groups is 1. The molecule has 3 aromatic rings. The molecule has 0 aliphatic rings. The van der Waals surface area contributed by atoms with Crippen LogP contribution in [0.3, 0.4) is 0 Å². The molecule has 3 rings (SSSR count). The van der Waals surface area contributed by atoms with Gasteiger partial charge in [-0.25, -0.2) is 0 Å². The third kappa shape index (κ3) is 2.50. The lowest BCUT2D eigenvalue weighted by molar-refractivity contribution is -0.385. The number of aliphatic hydroxyl groups excluding tert-OH is 1. The standard InChI is InChI=1S/C17H14N2O5/c1-24-16-7-6-11(8-15(16)19(22)23)17(21)18-9-12(10-20)13-4-2-3-5-14(13)18/h2-9,20H,10H2,1H3. The average molecular weight is 326 g/mol. The second-order valence-electron chi connectivity index (χ2n) is 5.15. The summed E-state index contributed by atoms with van der Waals surface area (Å²) in [6, 6.07) is 11.2. The van der Waals surface area contributed by atoms with Crippen molar-refractivity contribution in [3.05, 3.63) is 69.9 Å². The van der Waals surface area contributed by atoms with Crippen molar-refractivity contribution < 1.29 is 19.6 Å². The molecule has 1 N–H and O–H groups in total. The SMILES string of the molecule is COc1ccc(C(=O)n2cc(CO)c3ccccc32)cc1[N+](=O)[O-]. The van der Waals surface area contributed by atoms with Crippen molar-refractivity contribution >= 4 is 22.5 Å². The monoisotopic (exact) mass is 326 g/mol. The van der Waals surface area contributed by atoms with Crippen molar-refractivity contribution in [1.29, 1.82) is 0 Å². The summed E-state index contributed by atoms with van der Waals surface area (Å²) in [6.07, 6.45) is 1.54. The third-order valence-corrected chi connectivity index (χ3v) is 3.81. The van der Waals surface area contributed by atoms with Gasteiger partial charge >= 0.3 is 5.69 Å². The van der Waals surface area contributed by atoms with E-state index in [1.165, 1.54) is 29.9 Å². The molecule has 1 aromatic heterocycles. The molecule has 0 aliphatic carbocycles. The molecule has 2 aromatic carbocycles. The van der Waals surface area contributed by atoms with E-state index < -0.39 is 10.8 Å². The van der Waals surface area contributed by atoms with Gasteiger partial charge in [-0.3, -0.25) is 19.5 Å². The Bertz CT molecular complexity index is 945. The molecule has 1 heterocycles. The smallest absolute Gasteiger partial charge is 0.311 e. The normalized spacial score (nSPS) is 10.8. The highest BCUT2D eigenvalue weighted by Crippen LogP contribution is 2.29. The molecule has 0 spiro atoms. The Balaban J connectivity index is 2.13. The van der Waals surface area contributed by atoms with Crippen LogP contribution >= 0.6 is 0 Å². The van der Waals surface area contributed by atoms with E-state index in [-0.39, 0.29) is 23.6 Å². The van der Waals surface area contributed by atoms with Gasteiger partial charge in [0.05, 0.1) is 24.2 Å². The highest BCUT2D eigenvalue weighted by molar-refractivity contribution is 6.03. The van der Waals surface area contributed by atoms with Crippen LogP contribution in [0.4, 0.5) is 5.69 Å². The number of nitro benzene ring substituents is 1. The molecule has 0 bridgehead atoms. The zero-order chi connectivity index (χ0) is 17.3. The number of aliphatic hydroxyl groups is 1. The number of ether oxygens (including phenoxy) is 1. The van der Waals surface area contributed by atoms with E-state index >= 15 is 0 Å². The first-order valence-corrected chi connectivity index (χ1v) is 7.13. The van der Waals surface area contributed by atoms with E-state index in [9.17, 15) is 20.0 Å². The van der Waals surface area contributed by atoms with Gasteiger partial charge in [0.1, 0.15) is 0 Å². The Hall–Kier alpha value is -3.19. The summed E-state index contributed by atoms with van der Waals surface area (Å²) in [5.74, 6) is -0.332. The molecule has 0 atom stereocenters. The lowest BCUT2D eigenvalue weighted by atomic mass is 10.1. The molecule has 0 fully saturated rings. The second-order valence-corrected chi connectivity index (χ2v) is 5.15. The summed E-state index contributed by atoms with van der Waals surface area (Å²) in [7, 11) is 1.33. The molecule has 122 valence electrons. The van der Waals surface area contributed by atoms with Gasteiger partial charge < -0.3 is 9.84 Å². The van der Waals surface area contributed by atoms with E-state index in [1.54, 1.807) is 24.4 Å². The third-order valence-electron chi connectivity index (χ3n) is 3.81. The number of nitrogens with zero attached hydrogens (tertiary/aromatic N) is 2. The van der Waals surface area contributed by atoms with Crippen molar-refractivity contribution in [3.8, 4) is 5.75 Å². The zero-order valence-electron chi connectivity index (χ0n) is 12.8. The highest BCUT2D eigenvalue weighted by atomic mass is 16.6. The van der Waals surface area contributed by atoms with E-state index in [0.717, 1.165) is 5.39 Å². The maximum atomic E-state index is 12.8. The number of para-hydroxylation sites is 1. The van der Waals surface area contributed by atoms with Crippen molar-refractivity contribution in [2.24, 2.45) is 0 Å². The lowest BCUT2D eigenvalue weighted by Crippen LogP contribution is -2.11. The first-order valence-electron chi connectivity index (χ1n) is 7.13. The molecule has 0 saturated carbocycles. The van der Waals surface area contributed by atoms with Gasteiger partial charge in [0.15, 0.2) is 5.75 Å². The number of hydrogen-bond acceptors (Lipinski definition) is 5. The lowest BCUT2D eigenvalue weighted by Gasteiger charge is -2.06. The summed E-state index contributed by atoms with van der Waals surface area (Å²) >= 11 is 0. The molecule has 7 nitrogen and oxygen atoms in total. The number of nitro groups is 1. The largest absolute Gasteiger partial charge is 0.490 e. The number of benzene rings is 2. The minimum Gasteiger partial charge on any atom is -0.490 e. The van der Waals surface area contributed by atoms with Crippen LogP contribution in [-0.4, -0.2) is 27.6 Å². The number of carbonyl (C=O) groups excluding carboxylic acids is 1. The summed E-state index contributed by atoms with van der Waals surface area (Å²) < 4.78 is 6.33. The Morgan fingerprint density at radius 3 is 2.71 bits per heavy atom. The predicted molar refractivity (Wildman–Crippen MR) is 87.2 cm³/mol. The van der Waals surface area contributed by atoms with Crippen LogP contribution < -0.4 is 4.74 Å². The fourth-order valence-corrected chi connectivity index (χ4v) is 2.65. The van der Waals surface area contributed by atoms with Crippen molar-refractivity contribution in [3.63, 3.8) is 0 Å². The van der Waals surface area contributed by atoms with Crippen LogP contribution in [0.5, 0.6) is 5.75 Å². The molecule has 24 heavy (non-hydrogen) atoms. The maximum absolute atomic E-state index is 12.8. The average Bonchev–Trinajstić information content (AvgIpc) is 2.99. The fraction of sp³-hybridized carbons (Fsp3) is 0.118. The molecule has 0 amide bonds. The highest BCUT2D eigenvalue weighted by Gasteiger charge is 2.20. The molecule has 0 radical (unpaired) electrons. The Kier molecular flexibility index (Phi) is 4.01. The quantitative estimate of drug-likeness (QED) is 0.587. The van der Waals surface area contributed by atoms with Crippen LogP contribution in [0.25, 0.3) is 10.9 Å². The fourth-order valence-electron chi connectivity index (χ4n) is 2.65. The Morgan fingerprint density at radius 1 is 1.29 bits per heavy atom. The summed E-state index contributed by atoms with van der Waals surface area (Å²) in [6.45, 7) is -0.205. The second kappa shape index (κ2) is 6.13.